The summed E-state index contributed by atoms with van der Waals surface area (Å²) in [5.74, 6) is -0.155. The molecule has 1 aliphatic heterocycles. The number of hydrogen-bond donors (Lipinski definition) is 2. The van der Waals surface area contributed by atoms with Crippen LogP contribution in [0.3, 0.4) is 0 Å². The van der Waals surface area contributed by atoms with E-state index in [4.69, 9.17) is 0 Å². The number of amides is 3. The Hall–Kier alpha value is -2.37. The molecule has 0 spiro atoms. The van der Waals surface area contributed by atoms with E-state index < -0.39 is 0 Å². The van der Waals surface area contributed by atoms with Gasteiger partial charge in [0.05, 0.1) is 11.4 Å². The Bertz CT molecular complexity index is 697. The van der Waals surface area contributed by atoms with E-state index in [0.717, 1.165) is 25.7 Å². The van der Waals surface area contributed by atoms with Gasteiger partial charge >= 0.3 is 0 Å². The van der Waals surface area contributed by atoms with Gasteiger partial charge in [0.2, 0.25) is 11.8 Å². The Morgan fingerprint density at radius 2 is 2.08 bits per heavy atom. The number of nitrogens with zero attached hydrogens (tertiary/aromatic N) is 1. The molecule has 3 rings (SSSR count). The van der Waals surface area contributed by atoms with Crippen LogP contribution in [0.4, 0.5) is 11.4 Å². The standard InChI is InChI=1S/C19H25N3O3/c1-3-4-9-20-18(24)14-7-8-16-15(11-14)21-17(23)10-12(2)22(16)19(25)13-5-6-13/h7-8,11-13H,3-6,9-10H2,1-2H3,(H,20,24)(H,21,23). The number of nitrogens with one attached hydrogen (secondary N) is 2. The van der Waals surface area contributed by atoms with Crippen molar-refractivity contribution in [3.8, 4) is 0 Å². The molecule has 6 nitrogen and oxygen atoms in total. The van der Waals surface area contributed by atoms with Crippen LogP contribution in [0.5, 0.6) is 0 Å². The van der Waals surface area contributed by atoms with Crippen LogP contribution in [-0.4, -0.2) is 30.3 Å². The summed E-state index contributed by atoms with van der Waals surface area (Å²) in [6.07, 6.45) is 4.02. The number of anilines is 2. The summed E-state index contributed by atoms with van der Waals surface area (Å²) in [6.45, 7) is 4.58. The Balaban J connectivity index is 1.89. The van der Waals surface area contributed by atoms with Crippen LogP contribution in [-0.2, 0) is 9.59 Å². The van der Waals surface area contributed by atoms with Crippen molar-refractivity contribution in [3.63, 3.8) is 0 Å². The molecule has 2 aliphatic rings. The van der Waals surface area contributed by atoms with Gasteiger partial charge in [0.15, 0.2) is 0 Å². The van der Waals surface area contributed by atoms with Crippen molar-refractivity contribution in [1.29, 1.82) is 0 Å². The second-order valence-corrected chi connectivity index (χ2v) is 6.93. The van der Waals surface area contributed by atoms with Gasteiger partial charge in [-0.15, -0.1) is 0 Å². The van der Waals surface area contributed by atoms with E-state index in [1.807, 2.05) is 6.92 Å². The molecule has 0 saturated heterocycles. The van der Waals surface area contributed by atoms with Crippen molar-refractivity contribution in [2.75, 3.05) is 16.8 Å². The SMILES string of the molecule is CCCCNC(=O)c1ccc2c(c1)NC(=O)CC(C)N2C(=O)C1CC1. The number of benzene rings is 1. The Labute approximate surface area is 148 Å². The Kier molecular flexibility index (Phi) is 5.06. The van der Waals surface area contributed by atoms with Gasteiger partial charge in [0.25, 0.3) is 5.91 Å². The Morgan fingerprint density at radius 1 is 1.32 bits per heavy atom. The van der Waals surface area contributed by atoms with Crippen molar-refractivity contribution in [1.82, 2.24) is 5.32 Å². The lowest BCUT2D eigenvalue weighted by molar-refractivity contribution is -0.120. The second kappa shape index (κ2) is 7.25. The zero-order valence-corrected chi connectivity index (χ0v) is 14.8. The van der Waals surface area contributed by atoms with E-state index in [9.17, 15) is 14.4 Å². The van der Waals surface area contributed by atoms with Gasteiger partial charge in [-0.1, -0.05) is 13.3 Å². The van der Waals surface area contributed by atoms with Crippen LogP contribution in [0.25, 0.3) is 0 Å². The van der Waals surface area contributed by atoms with Crippen LogP contribution >= 0.6 is 0 Å². The quantitative estimate of drug-likeness (QED) is 0.807. The molecule has 1 aromatic carbocycles. The van der Waals surface area contributed by atoms with E-state index in [1.54, 1.807) is 23.1 Å². The van der Waals surface area contributed by atoms with Crippen LogP contribution in [0, 0.1) is 5.92 Å². The molecule has 0 aromatic heterocycles. The molecule has 1 fully saturated rings. The molecule has 6 heteroatoms. The lowest BCUT2D eigenvalue weighted by Crippen LogP contribution is -2.40. The summed E-state index contributed by atoms with van der Waals surface area (Å²) >= 11 is 0. The van der Waals surface area contributed by atoms with Crippen LogP contribution in [0.2, 0.25) is 0 Å². The minimum atomic E-state index is -0.196. The number of hydrogen-bond acceptors (Lipinski definition) is 3. The maximum absolute atomic E-state index is 12.7. The number of carbonyl (C=O) groups is 3. The number of carbonyl (C=O) groups excluding carboxylic acids is 3. The highest BCUT2D eigenvalue weighted by Crippen LogP contribution is 2.38. The van der Waals surface area contributed by atoms with Crippen molar-refractivity contribution >= 4 is 29.1 Å². The predicted octanol–water partition coefficient (Wildman–Crippen LogP) is 2.69. The fourth-order valence-corrected chi connectivity index (χ4v) is 3.13. The molecule has 3 amide bonds. The van der Waals surface area contributed by atoms with Gasteiger partial charge in [-0.05, 0) is 44.4 Å². The van der Waals surface area contributed by atoms with Gasteiger partial charge in [-0.2, -0.15) is 0 Å². The maximum Gasteiger partial charge on any atom is 0.251 e. The average Bonchev–Trinajstić information content (AvgIpc) is 3.41. The predicted molar refractivity (Wildman–Crippen MR) is 96.6 cm³/mol. The highest BCUT2D eigenvalue weighted by Gasteiger charge is 2.38. The van der Waals surface area contributed by atoms with E-state index in [1.165, 1.54) is 0 Å². The van der Waals surface area contributed by atoms with E-state index in [2.05, 4.69) is 17.6 Å². The first-order valence-corrected chi connectivity index (χ1v) is 9.06. The van der Waals surface area contributed by atoms with E-state index in [0.29, 0.717) is 23.5 Å². The van der Waals surface area contributed by atoms with Crippen molar-refractivity contribution in [2.45, 2.75) is 52.0 Å². The minimum Gasteiger partial charge on any atom is -0.352 e. The van der Waals surface area contributed by atoms with Gasteiger partial charge in [0, 0.05) is 30.5 Å². The fraction of sp³-hybridized carbons (Fsp3) is 0.526. The van der Waals surface area contributed by atoms with Crippen molar-refractivity contribution in [3.05, 3.63) is 23.8 Å². The van der Waals surface area contributed by atoms with Gasteiger partial charge in [0.1, 0.15) is 0 Å². The number of rotatable bonds is 5. The lowest BCUT2D eigenvalue weighted by atomic mass is 10.1. The minimum absolute atomic E-state index is 0.0699. The van der Waals surface area contributed by atoms with Crippen LogP contribution in [0.1, 0.15) is 56.3 Å². The molecule has 134 valence electrons. The normalized spacial score (nSPS) is 19.7. The second-order valence-electron chi connectivity index (χ2n) is 6.93. The zero-order chi connectivity index (χ0) is 18.0. The number of unbranched alkanes of at least 4 members (excludes halogenated alkanes) is 1. The largest absolute Gasteiger partial charge is 0.352 e. The molecule has 1 heterocycles. The molecule has 1 saturated carbocycles. The molecule has 0 radical (unpaired) electrons. The fourth-order valence-electron chi connectivity index (χ4n) is 3.13. The molecule has 1 aliphatic carbocycles. The summed E-state index contributed by atoms with van der Waals surface area (Å²) in [7, 11) is 0. The van der Waals surface area contributed by atoms with Crippen LogP contribution in [0.15, 0.2) is 18.2 Å². The lowest BCUT2D eigenvalue weighted by Gasteiger charge is -2.28. The molecule has 1 unspecified atom stereocenters. The smallest absolute Gasteiger partial charge is 0.251 e. The summed E-state index contributed by atoms with van der Waals surface area (Å²) < 4.78 is 0. The monoisotopic (exact) mass is 343 g/mol. The highest BCUT2D eigenvalue weighted by molar-refractivity contribution is 6.07. The van der Waals surface area contributed by atoms with E-state index >= 15 is 0 Å². The van der Waals surface area contributed by atoms with Gasteiger partial charge < -0.3 is 15.5 Å². The first kappa shape index (κ1) is 17.5. The third kappa shape index (κ3) is 3.83. The molecular formula is C19H25N3O3. The third-order valence-electron chi connectivity index (χ3n) is 4.69. The van der Waals surface area contributed by atoms with Gasteiger partial charge in [-0.3, -0.25) is 14.4 Å². The van der Waals surface area contributed by atoms with Crippen molar-refractivity contribution in [2.24, 2.45) is 5.92 Å². The summed E-state index contributed by atoms with van der Waals surface area (Å²) in [5.41, 5.74) is 1.70. The third-order valence-corrected chi connectivity index (χ3v) is 4.69. The zero-order valence-electron chi connectivity index (χ0n) is 14.8. The highest BCUT2D eigenvalue weighted by atomic mass is 16.2. The first-order chi connectivity index (χ1) is 12.0. The van der Waals surface area contributed by atoms with Gasteiger partial charge in [-0.25, -0.2) is 0 Å². The Morgan fingerprint density at radius 3 is 2.76 bits per heavy atom. The summed E-state index contributed by atoms with van der Waals surface area (Å²) in [4.78, 5) is 38.8. The average molecular weight is 343 g/mol. The molecular weight excluding hydrogens is 318 g/mol. The molecule has 1 atom stereocenters. The summed E-state index contributed by atoms with van der Waals surface area (Å²) in [6, 6.07) is 4.96. The topological polar surface area (TPSA) is 78.5 Å². The molecule has 2 N–H and O–H groups in total. The summed E-state index contributed by atoms with van der Waals surface area (Å²) in [5, 5.41) is 5.72. The number of fused-ring (bicyclic) bond motifs is 1. The van der Waals surface area contributed by atoms with Crippen molar-refractivity contribution < 1.29 is 14.4 Å². The molecule has 0 bridgehead atoms. The van der Waals surface area contributed by atoms with E-state index in [-0.39, 0.29) is 36.1 Å². The molecule has 25 heavy (non-hydrogen) atoms. The van der Waals surface area contributed by atoms with Crippen LogP contribution < -0.4 is 15.5 Å². The first-order valence-electron chi connectivity index (χ1n) is 9.06. The maximum atomic E-state index is 12.7. The molecule has 1 aromatic rings.